The van der Waals surface area contributed by atoms with Gasteiger partial charge in [0.2, 0.25) is 0 Å². The first kappa shape index (κ1) is 24.9. The SMILES string of the molecule is C=C1OC(COC(=O)SCCCC(=O)OCc2oc(=O)oc2-c2ccccc2)=C(c2ccccc2)O1. The summed E-state index contributed by atoms with van der Waals surface area (Å²) in [6, 6.07) is 18.1. The highest BCUT2D eigenvalue weighted by atomic mass is 32.2. The molecule has 0 unspecified atom stereocenters. The van der Waals surface area contributed by atoms with Crippen molar-refractivity contribution in [2.75, 3.05) is 12.4 Å². The lowest BCUT2D eigenvalue weighted by molar-refractivity contribution is -0.145. The van der Waals surface area contributed by atoms with Crippen LogP contribution in [0.1, 0.15) is 24.2 Å². The van der Waals surface area contributed by atoms with Gasteiger partial charge >= 0.3 is 17.1 Å². The fourth-order valence-electron chi connectivity index (χ4n) is 3.25. The van der Waals surface area contributed by atoms with Crippen LogP contribution in [0.25, 0.3) is 17.1 Å². The minimum atomic E-state index is -0.875. The predicted molar refractivity (Wildman–Crippen MR) is 130 cm³/mol. The smallest absolute Gasteiger partial charge is 0.457 e. The second-order valence-electron chi connectivity index (χ2n) is 7.42. The van der Waals surface area contributed by atoms with Gasteiger partial charge in [-0.25, -0.2) is 9.59 Å². The molecule has 0 radical (unpaired) electrons. The van der Waals surface area contributed by atoms with Crippen LogP contribution in [0.5, 0.6) is 0 Å². The molecule has 0 bridgehead atoms. The van der Waals surface area contributed by atoms with Gasteiger partial charge in [0.15, 0.2) is 36.3 Å². The van der Waals surface area contributed by atoms with Gasteiger partial charge in [-0.15, -0.1) is 0 Å². The van der Waals surface area contributed by atoms with Gasteiger partial charge in [-0.2, -0.15) is 0 Å². The van der Waals surface area contributed by atoms with E-state index in [-0.39, 0.29) is 37.1 Å². The van der Waals surface area contributed by atoms with Gasteiger partial charge in [0, 0.05) is 23.3 Å². The minimum Gasteiger partial charge on any atom is -0.457 e. The Balaban J connectivity index is 1.17. The molecule has 3 aromatic rings. The first-order chi connectivity index (χ1) is 17.5. The van der Waals surface area contributed by atoms with Gasteiger partial charge in [0.25, 0.3) is 5.95 Å². The normalized spacial score (nSPS) is 12.7. The Labute approximate surface area is 210 Å². The van der Waals surface area contributed by atoms with Gasteiger partial charge in [0.05, 0.1) is 0 Å². The standard InChI is InChI=1S/C26H22O9S/c1-17-32-20(23(33-17)18-9-4-2-5-10-18)16-31-26(29)36-14-8-13-22(27)30-15-21-24(35-25(28)34-21)19-11-6-3-7-12-19/h2-7,9-12H,1,8,13-16H2. The van der Waals surface area contributed by atoms with Crippen LogP contribution in [-0.2, 0) is 30.3 Å². The first-order valence-corrected chi connectivity index (χ1v) is 11.9. The van der Waals surface area contributed by atoms with E-state index in [1.807, 2.05) is 36.4 Å². The van der Waals surface area contributed by atoms with Crippen LogP contribution in [0.15, 0.2) is 92.6 Å². The number of thioether (sulfide) groups is 1. The van der Waals surface area contributed by atoms with Crippen LogP contribution in [0.2, 0.25) is 0 Å². The molecule has 0 saturated heterocycles. The Kier molecular flexibility index (Phi) is 8.30. The van der Waals surface area contributed by atoms with E-state index in [0.29, 0.717) is 29.3 Å². The number of ether oxygens (including phenoxy) is 4. The van der Waals surface area contributed by atoms with Crippen molar-refractivity contribution in [3.8, 4) is 11.3 Å². The molecule has 4 rings (SSSR count). The second-order valence-corrected chi connectivity index (χ2v) is 8.45. The molecule has 0 amide bonds. The predicted octanol–water partition coefficient (Wildman–Crippen LogP) is 5.48. The number of hydrogen-bond donors (Lipinski definition) is 0. The maximum atomic E-state index is 12.1. The second kappa shape index (κ2) is 12.0. The molecule has 36 heavy (non-hydrogen) atoms. The van der Waals surface area contributed by atoms with Crippen molar-refractivity contribution in [2.24, 2.45) is 0 Å². The molecule has 0 saturated carbocycles. The molecule has 1 aliphatic heterocycles. The first-order valence-electron chi connectivity index (χ1n) is 11.0. The number of esters is 1. The molecule has 1 aromatic heterocycles. The van der Waals surface area contributed by atoms with Crippen LogP contribution in [0.3, 0.4) is 0 Å². The van der Waals surface area contributed by atoms with E-state index < -0.39 is 17.1 Å². The quantitative estimate of drug-likeness (QED) is 0.256. The monoisotopic (exact) mass is 510 g/mol. The molecule has 1 aliphatic rings. The zero-order valence-electron chi connectivity index (χ0n) is 19.1. The maximum Gasteiger partial charge on any atom is 0.519 e. The lowest BCUT2D eigenvalue weighted by atomic mass is 10.1. The molecule has 0 spiro atoms. The lowest BCUT2D eigenvalue weighted by Gasteiger charge is -2.06. The molecule has 186 valence electrons. The van der Waals surface area contributed by atoms with Crippen molar-refractivity contribution in [1.82, 2.24) is 0 Å². The van der Waals surface area contributed by atoms with E-state index in [2.05, 4.69) is 6.58 Å². The summed E-state index contributed by atoms with van der Waals surface area (Å²) in [6.07, 6.45) is 0.455. The Morgan fingerprint density at radius 3 is 2.28 bits per heavy atom. The van der Waals surface area contributed by atoms with E-state index in [1.54, 1.807) is 24.3 Å². The maximum absolute atomic E-state index is 12.1. The van der Waals surface area contributed by atoms with Gasteiger partial charge in [0.1, 0.15) is 0 Å². The number of benzene rings is 2. The molecular formula is C26H22O9S. The van der Waals surface area contributed by atoms with Crippen LogP contribution in [0, 0.1) is 0 Å². The topological polar surface area (TPSA) is 114 Å². The Hall–Kier alpha value is -4.18. The molecule has 0 fully saturated rings. The average Bonchev–Trinajstić information content (AvgIpc) is 3.46. The molecule has 2 aromatic carbocycles. The molecule has 9 nitrogen and oxygen atoms in total. The highest BCUT2D eigenvalue weighted by Gasteiger charge is 2.24. The van der Waals surface area contributed by atoms with Gasteiger partial charge in [-0.1, -0.05) is 60.7 Å². The van der Waals surface area contributed by atoms with Gasteiger partial charge in [-0.3, -0.25) is 4.79 Å². The molecule has 10 heteroatoms. The lowest BCUT2D eigenvalue weighted by Crippen LogP contribution is -2.07. The summed E-state index contributed by atoms with van der Waals surface area (Å²) in [5, 5.41) is -0.517. The summed E-state index contributed by atoms with van der Waals surface area (Å²) in [5.41, 5.74) is 1.41. The Morgan fingerprint density at radius 1 is 0.861 bits per heavy atom. The van der Waals surface area contributed by atoms with Crippen molar-refractivity contribution in [3.05, 3.63) is 101 Å². The van der Waals surface area contributed by atoms with Gasteiger partial charge in [-0.05, 0) is 24.8 Å². The summed E-state index contributed by atoms with van der Waals surface area (Å²) in [7, 11) is 0. The largest absolute Gasteiger partial charge is 0.519 e. The van der Waals surface area contributed by atoms with Gasteiger partial charge < -0.3 is 27.8 Å². The summed E-state index contributed by atoms with van der Waals surface area (Å²) in [4.78, 5) is 35.7. The van der Waals surface area contributed by atoms with Crippen molar-refractivity contribution in [3.63, 3.8) is 0 Å². The van der Waals surface area contributed by atoms with E-state index >= 15 is 0 Å². The molecule has 0 N–H and O–H groups in total. The van der Waals surface area contributed by atoms with E-state index in [9.17, 15) is 14.4 Å². The van der Waals surface area contributed by atoms with Crippen LogP contribution in [0.4, 0.5) is 4.79 Å². The average molecular weight is 511 g/mol. The highest BCUT2D eigenvalue weighted by molar-refractivity contribution is 8.13. The number of carbonyl (C=O) groups excluding carboxylic acids is 2. The zero-order chi connectivity index (χ0) is 25.3. The number of rotatable bonds is 10. The summed E-state index contributed by atoms with van der Waals surface area (Å²) in [5.74, 6) is 0.226. The van der Waals surface area contributed by atoms with E-state index in [4.69, 9.17) is 27.8 Å². The van der Waals surface area contributed by atoms with Crippen molar-refractivity contribution >= 4 is 28.8 Å². The van der Waals surface area contributed by atoms with E-state index in [0.717, 1.165) is 17.3 Å². The molecule has 0 atom stereocenters. The number of hydrogen-bond acceptors (Lipinski definition) is 10. The third kappa shape index (κ3) is 6.70. The Bertz CT molecular complexity index is 1310. The fraction of sp³-hybridized carbons (Fsp3) is 0.192. The van der Waals surface area contributed by atoms with Crippen LogP contribution in [-0.4, -0.2) is 23.6 Å². The molecule has 2 heterocycles. The molecule has 0 aliphatic carbocycles. The third-order valence-corrected chi connectivity index (χ3v) is 5.70. The zero-order valence-corrected chi connectivity index (χ0v) is 19.9. The summed E-state index contributed by atoms with van der Waals surface area (Å²) < 4.78 is 31.4. The van der Waals surface area contributed by atoms with Crippen molar-refractivity contribution in [1.29, 1.82) is 0 Å². The van der Waals surface area contributed by atoms with Crippen LogP contribution >= 0.6 is 11.8 Å². The highest BCUT2D eigenvalue weighted by Crippen LogP contribution is 2.32. The summed E-state index contributed by atoms with van der Waals surface area (Å²) >= 11 is 0.932. The van der Waals surface area contributed by atoms with Crippen LogP contribution < -0.4 is 5.82 Å². The van der Waals surface area contributed by atoms with Crippen molar-refractivity contribution in [2.45, 2.75) is 19.4 Å². The van der Waals surface area contributed by atoms with Crippen molar-refractivity contribution < 1.29 is 37.4 Å². The number of carbonyl (C=O) groups is 2. The summed E-state index contributed by atoms with van der Waals surface area (Å²) in [6.45, 7) is 3.28. The fourth-order valence-corrected chi connectivity index (χ4v) is 3.85. The Morgan fingerprint density at radius 2 is 1.56 bits per heavy atom. The third-order valence-electron chi connectivity index (χ3n) is 4.85. The van der Waals surface area contributed by atoms with E-state index in [1.165, 1.54) is 0 Å². The molecular weight excluding hydrogens is 488 g/mol. The minimum absolute atomic E-state index is 0.0725.